The topological polar surface area (TPSA) is 73.6 Å². The monoisotopic (exact) mass is 414 g/mol. The summed E-state index contributed by atoms with van der Waals surface area (Å²) in [6, 6.07) is 20.5. The number of benzene rings is 3. The molecule has 1 amide bonds. The number of nitrogens with zero attached hydrogens (tertiary/aromatic N) is 1. The Bertz CT molecular complexity index is 1180. The zero-order valence-electron chi connectivity index (χ0n) is 17.1. The maximum Gasteiger partial charge on any atom is 0.262 e. The van der Waals surface area contributed by atoms with Gasteiger partial charge in [0.1, 0.15) is 5.52 Å². The Morgan fingerprint density at radius 3 is 2.65 bits per heavy atom. The molecule has 0 aliphatic rings. The van der Waals surface area contributed by atoms with Gasteiger partial charge in [-0.05, 0) is 60.5 Å². The van der Waals surface area contributed by atoms with E-state index in [9.17, 15) is 4.79 Å². The zero-order valence-corrected chi connectivity index (χ0v) is 17.1. The molecule has 0 spiro atoms. The van der Waals surface area contributed by atoms with E-state index in [0.717, 1.165) is 28.6 Å². The Morgan fingerprint density at radius 1 is 1.10 bits per heavy atom. The van der Waals surface area contributed by atoms with Gasteiger partial charge in [-0.25, -0.2) is 4.98 Å². The number of rotatable bonds is 8. The Balaban J connectivity index is 1.37. The second kappa shape index (κ2) is 9.17. The quantitative estimate of drug-likeness (QED) is 0.399. The van der Waals surface area contributed by atoms with Crippen LogP contribution in [-0.2, 0) is 11.2 Å². The molecule has 0 radical (unpaired) electrons. The first kappa shape index (κ1) is 20.2. The lowest BCUT2D eigenvalue weighted by Crippen LogP contribution is -2.20. The molecule has 31 heavy (non-hydrogen) atoms. The van der Waals surface area contributed by atoms with Gasteiger partial charge >= 0.3 is 0 Å². The van der Waals surface area contributed by atoms with Crippen molar-refractivity contribution < 1.29 is 18.7 Å². The van der Waals surface area contributed by atoms with Crippen molar-refractivity contribution in [3.8, 4) is 23.0 Å². The summed E-state index contributed by atoms with van der Waals surface area (Å²) >= 11 is 0. The van der Waals surface area contributed by atoms with Gasteiger partial charge in [0.05, 0.1) is 7.11 Å². The van der Waals surface area contributed by atoms with Crippen LogP contribution in [0.3, 0.4) is 0 Å². The number of hydrogen-bond acceptors (Lipinski definition) is 5. The molecule has 6 nitrogen and oxygen atoms in total. The van der Waals surface area contributed by atoms with E-state index in [0.29, 0.717) is 23.1 Å². The van der Waals surface area contributed by atoms with Gasteiger partial charge in [-0.15, -0.1) is 6.58 Å². The molecule has 0 unspecified atom stereocenters. The minimum atomic E-state index is -0.271. The van der Waals surface area contributed by atoms with Crippen LogP contribution in [0.25, 0.3) is 22.6 Å². The highest BCUT2D eigenvalue weighted by molar-refractivity contribution is 5.92. The van der Waals surface area contributed by atoms with Gasteiger partial charge in [0.2, 0.25) is 5.89 Å². The SMILES string of the molecule is C=CCc1ccc(OCC(=O)Nc2ccc(-c3nc4ccccc4o3)cc2)c(OC)c1. The molecule has 0 bridgehead atoms. The van der Waals surface area contributed by atoms with Crippen LogP contribution in [-0.4, -0.2) is 24.6 Å². The highest BCUT2D eigenvalue weighted by Gasteiger charge is 2.11. The van der Waals surface area contributed by atoms with Crippen molar-refractivity contribution in [2.45, 2.75) is 6.42 Å². The third kappa shape index (κ3) is 4.75. The fourth-order valence-corrected chi connectivity index (χ4v) is 3.16. The summed E-state index contributed by atoms with van der Waals surface area (Å²) in [5, 5.41) is 2.82. The molecule has 1 aromatic heterocycles. The average Bonchev–Trinajstić information content (AvgIpc) is 3.23. The number of ether oxygens (including phenoxy) is 2. The molecule has 0 saturated heterocycles. The fourth-order valence-electron chi connectivity index (χ4n) is 3.16. The van der Waals surface area contributed by atoms with Crippen LogP contribution < -0.4 is 14.8 Å². The van der Waals surface area contributed by atoms with E-state index in [4.69, 9.17) is 13.9 Å². The van der Waals surface area contributed by atoms with E-state index >= 15 is 0 Å². The molecule has 6 heteroatoms. The van der Waals surface area contributed by atoms with Crippen molar-refractivity contribution in [3.63, 3.8) is 0 Å². The number of carbonyl (C=O) groups excluding carboxylic acids is 1. The van der Waals surface area contributed by atoms with E-state index in [1.54, 1.807) is 25.3 Å². The molecular formula is C25H22N2O4. The Kier molecular flexibility index (Phi) is 5.98. The Morgan fingerprint density at radius 2 is 1.90 bits per heavy atom. The van der Waals surface area contributed by atoms with Gasteiger partial charge in [-0.2, -0.15) is 0 Å². The fraction of sp³-hybridized carbons (Fsp3) is 0.120. The van der Waals surface area contributed by atoms with Crippen molar-refractivity contribution in [2.24, 2.45) is 0 Å². The number of carbonyl (C=O) groups is 1. The normalized spacial score (nSPS) is 10.6. The highest BCUT2D eigenvalue weighted by atomic mass is 16.5. The third-order valence-electron chi connectivity index (χ3n) is 4.68. The summed E-state index contributed by atoms with van der Waals surface area (Å²) in [6.07, 6.45) is 2.55. The van der Waals surface area contributed by atoms with Crippen LogP contribution in [0.2, 0.25) is 0 Å². The third-order valence-corrected chi connectivity index (χ3v) is 4.68. The first-order valence-electron chi connectivity index (χ1n) is 9.83. The lowest BCUT2D eigenvalue weighted by atomic mass is 10.1. The second-order valence-electron chi connectivity index (χ2n) is 6.88. The van der Waals surface area contributed by atoms with Crippen molar-refractivity contribution in [1.82, 2.24) is 4.98 Å². The number of oxazole rings is 1. The lowest BCUT2D eigenvalue weighted by Gasteiger charge is -2.12. The summed E-state index contributed by atoms with van der Waals surface area (Å²) in [6.45, 7) is 3.60. The predicted molar refractivity (Wildman–Crippen MR) is 120 cm³/mol. The number of anilines is 1. The summed E-state index contributed by atoms with van der Waals surface area (Å²) in [5.74, 6) is 1.35. The summed E-state index contributed by atoms with van der Waals surface area (Å²) in [4.78, 5) is 16.8. The van der Waals surface area contributed by atoms with Crippen molar-refractivity contribution in [3.05, 3.63) is 84.9 Å². The van der Waals surface area contributed by atoms with E-state index in [1.807, 2.05) is 54.6 Å². The Hall–Kier alpha value is -4.06. The van der Waals surface area contributed by atoms with Crippen molar-refractivity contribution in [2.75, 3.05) is 19.0 Å². The first-order chi connectivity index (χ1) is 15.2. The minimum absolute atomic E-state index is 0.135. The number of aromatic nitrogens is 1. The van der Waals surface area contributed by atoms with E-state index < -0.39 is 0 Å². The number of allylic oxidation sites excluding steroid dienone is 1. The van der Waals surface area contributed by atoms with Gasteiger partial charge in [0.25, 0.3) is 5.91 Å². The van der Waals surface area contributed by atoms with Crippen molar-refractivity contribution >= 4 is 22.7 Å². The molecule has 1 N–H and O–H groups in total. The van der Waals surface area contributed by atoms with Crippen LogP contribution in [0.4, 0.5) is 5.69 Å². The zero-order chi connectivity index (χ0) is 21.6. The Labute approximate surface area is 180 Å². The maximum atomic E-state index is 12.3. The van der Waals surface area contributed by atoms with E-state index in [1.165, 1.54) is 0 Å². The van der Waals surface area contributed by atoms with Crippen molar-refractivity contribution in [1.29, 1.82) is 0 Å². The molecule has 0 aliphatic carbocycles. The minimum Gasteiger partial charge on any atom is -0.493 e. The molecule has 3 aromatic carbocycles. The van der Waals surface area contributed by atoms with Crippen LogP contribution in [0.15, 0.2) is 83.8 Å². The maximum absolute atomic E-state index is 12.3. The number of nitrogens with one attached hydrogen (secondary N) is 1. The van der Waals surface area contributed by atoms with Crippen LogP contribution in [0.1, 0.15) is 5.56 Å². The van der Waals surface area contributed by atoms with Gasteiger partial charge in [-0.1, -0.05) is 24.3 Å². The number of para-hydroxylation sites is 2. The molecule has 0 aliphatic heterocycles. The molecule has 0 atom stereocenters. The standard InChI is InChI=1S/C25H22N2O4/c1-3-6-17-9-14-22(23(15-17)29-2)30-16-24(28)26-19-12-10-18(11-13-19)25-27-20-7-4-5-8-21(20)31-25/h3-5,7-15H,1,6,16H2,2H3,(H,26,28). The highest BCUT2D eigenvalue weighted by Crippen LogP contribution is 2.28. The van der Waals surface area contributed by atoms with E-state index in [-0.39, 0.29) is 12.5 Å². The average molecular weight is 414 g/mol. The number of methoxy groups -OCH3 is 1. The largest absolute Gasteiger partial charge is 0.493 e. The predicted octanol–water partition coefficient (Wildman–Crippen LogP) is 5.25. The van der Waals surface area contributed by atoms with Crippen LogP contribution in [0, 0.1) is 0 Å². The van der Waals surface area contributed by atoms with Gasteiger partial charge in [0.15, 0.2) is 23.7 Å². The smallest absolute Gasteiger partial charge is 0.262 e. The molecule has 156 valence electrons. The van der Waals surface area contributed by atoms with Gasteiger partial charge < -0.3 is 19.2 Å². The molecule has 0 saturated carbocycles. The second-order valence-corrected chi connectivity index (χ2v) is 6.88. The van der Waals surface area contributed by atoms with Gasteiger partial charge in [0, 0.05) is 11.3 Å². The van der Waals surface area contributed by atoms with Crippen LogP contribution >= 0.6 is 0 Å². The van der Waals surface area contributed by atoms with Gasteiger partial charge in [-0.3, -0.25) is 4.79 Å². The lowest BCUT2D eigenvalue weighted by molar-refractivity contribution is -0.118. The summed E-state index contributed by atoms with van der Waals surface area (Å²) < 4.78 is 16.8. The first-order valence-corrected chi connectivity index (χ1v) is 9.83. The van der Waals surface area contributed by atoms with E-state index in [2.05, 4.69) is 16.9 Å². The number of hydrogen-bond donors (Lipinski definition) is 1. The summed E-state index contributed by atoms with van der Waals surface area (Å²) in [7, 11) is 1.57. The molecule has 4 rings (SSSR count). The number of fused-ring (bicyclic) bond motifs is 1. The molecule has 1 heterocycles. The molecule has 0 fully saturated rings. The van der Waals surface area contributed by atoms with Crippen LogP contribution in [0.5, 0.6) is 11.5 Å². The molecule has 4 aromatic rings. The summed E-state index contributed by atoms with van der Waals surface area (Å²) in [5.41, 5.74) is 4.08. The molecular weight excluding hydrogens is 392 g/mol. The number of amides is 1.